The number of benzene rings is 2. The Morgan fingerprint density at radius 2 is 1.15 bits per heavy atom. The molecule has 2 aromatic heterocycles. The molecular weight excluding hydrogens is 528 g/mol. The quantitative estimate of drug-likeness (QED) is 0.177. The van der Waals surface area contributed by atoms with E-state index in [1.165, 1.54) is 51.9 Å². The molecule has 0 aliphatic heterocycles. The number of aliphatic carboxylic acids is 1. The van der Waals surface area contributed by atoms with Gasteiger partial charge in [-0.1, -0.05) is 26.0 Å². The van der Waals surface area contributed by atoms with Crippen molar-refractivity contribution in [2.45, 2.75) is 66.7 Å². The summed E-state index contributed by atoms with van der Waals surface area (Å²) in [6.45, 7) is 9.09. The van der Waals surface area contributed by atoms with Gasteiger partial charge in [-0.05, 0) is 97.3 Å². The van der Waals surface area contributed by atoms with Gasteiger partial charge in [0.2, 0.25) is 0 Å². The average molecular weight is 563 g/mol. The number of carbonyl (C=O) groups is 4. The summed E-state index contributed by atoms with van der Waals surface area (Å²) in [4.78, 5) is 49.3. The normalized spacial score (nSPS) is 13.1. The Bertz CT molecular complexity index is 1470. The van der Waals surface area contributed by atoms with Gasteiger partial charge in [0.05, 0.1) is 15.7 Å². The highest BCUT2D eigenvalue weighted by molar-refractivity contribution is 7.21. The molecule has 4 aromatic rings. The van der Waals surface area contributed by atoms with Crippen molar-refractivity contribution in [3.05, 3.63) is 68.4 Å². The predicted octanol–water partition coefficient (Wildman–Crippen LogP) is 8.00. The lowest BCUT2D eigenvalue weighted by Crippen LogP contribution is -2.13. The second kappa shape index (κ2) is 11.9. The maximum atomic E-state index is 12.7. The fraction of sp³-hybridized carbons (Fsp3) is 0.375. The topological polar surface area (TPSA) is 88.5 Å². The fourth-order valence-corrected chi connectivity index (χ4v) is 6.93. The van der Waals surface area contributed by atoms with Crippen LogP contribution < -0.4 is 0 Å². The summed E-state index contributed by atoms with van der Waals surface area (Å²) < 4.78 is 2.14. The Kier molecular flexibility index (Phi) is 8.82. The van der Waals surface area contributed by atoms with Crippen LogP contribution in [0.25, 0.3) is 20.2 Å². The van der Waals surface area contributed by atoms with Gasteiger partial charge >= 0.3 is 5.97 Å². The molecule has 39 heavy (non-hydrogen) atoms. The Balaban J connectivity index is 1.44. The van der Waals surface area contributed by atoms with E-state index in [-0.39, 0.29) is 36.1 Å². The molecule has 5 nitrogen and oxygen atoms in total. The molecule has 2 aromatic carbocycles. The fourth-order valence-electron chi connectivity index (χ4n) is 4.74. The van der Waals surface area contributed by atoms with Gasteiger partial charge in [-0.2, -0.15) is 0 Å². The van der Waals surface area contributed by atoms with Gasteiger partial charge in [0.15, 0.2) is 11.6 Å². The molecule has 204 valence electrons. The van der Waals surface area contributed by atoms with Crippen LogP contribution in [0.15, 0.2) is 36.4 Å². The smallest absolute Gasteiger partial charge is 0.306 e. The Labute approximate surface area is 236 Å². The summed E-state index contributed by atoms with van der Waals surface area (Å²) in [6, 6.07) is 12.5. The van der Waals surface area contributed by atoms with E-state index >= 15 is 0 Å². The molecule has 0 fully saturated rings. The lowest BCUT2D eigenvalue weighted by Gasteiger charge is -2.09. The number of hydrogen-bond acceptors (Lipinski definition) is 6. The van der Waals surface area contributed by atoms with Crippen LogP contribution in [0, 0.1) is 25.7 Å². The van der Waals surface area contributed by atoms with E-state index in [1.54, 1.807) is 13.8 Å². The molecule has 0 spiro atoms. The van der Waals surface area contributed by atoms with Crippen molar-refractivity contribution >= 4 is 66.2 Å². The molecule has 0 aliphatic rings. The van der Waals surface area contributed by atoms with Crippen molar-refractivity contribution in [2.75, 3.05) is 0 Å². The number of hydrogen-bond donors (Lipinski definition) is 1. The van der Waals surface area contributed by atoms with E-state index < -0.39 is 11.9 Å². The van der Waals surface area contributed by atoms with Crippen LogP contribution in [0.2, 0.25) is 0 Å². The summed E-state index contributed by atoms with van der Waals surface area (Å²) in [5, 5.41) is 11.2. The van der Waals surface area contributed by atoms with Crippen molar-refractivity contribution in [2.24, 2.45) is 11.8 Å². The van der Waals surface area contributed by atoms with E-state index in [0.29, 0.717) is 9.75 Å². The number of Topliss-reactive ketones (excluding diaryl/α,β-unsaturated/α-hetero) is 3. The molecule has 1 N–H and O–H groups in total. The molecule has 7 heteroatoms. The van der Waals surface area contributed by atoms with Crippen LogP contribution in [0.4, 0.5) is 0 Å². The number of fused-ring (bicyclic) bond motifs is 2. The molecule has 0 saturated heterocycles. The first-order valence-electron chi connectivity index (χ1n) is 13.3. The van der Waals surface area contributed by atoms with Gasteiger partial charge in [0.25, 0.3) is 0 Å². The first-order valence-corrected chi connectivity index (χ1v) is 14.9. The molecule has 0 bridgehead atoms. The molecule has 0 saturated carbocycles. The zero-order chi connectivity index (χ0) is 28.4. The number of carboxylic acids is 1. The minimum absolute atomic E-state index is 0.00894. The van der Waals surface area contributed by atoms with Gasteiger partial charge in [0.1, 0.15) is 5.78 Å². The van der Waals surface area contributed by atoms with Gasteiger partial charge in [-0.15, -0.1) is 22.7 Å². The van der Waals surface area contributed by atoms with Gasteiger partial charge < -0.3 is 5.11 Å². The minimum atomic E-state index is -0.954. The molecule has 4 rings (SSSR count). The number of thiophene rings is 2. The summed E-state index contributed by atoms with van der Waals surface area (Å²) in [6.07, 6.45) is 3.05. The predicted molar refractivity (Wildman–Crippen MR) is 160 cm³/mol. The SMILES string of the molecule is CC(=O)C(C)CC(=O)c1cc2cc(CCCc3cc4cc(C(=O)CC(C)C(=O)O)sc4cc3C)c(C)cc2s1. The Morgan fingerprint density at radius 3 is 1.56 bits per heavy atom. The number of rotatable bonds is 12. The van der Waals surface area contributed by atoms with Crippen LogP contribution in [-0.2, 0) is 22.4 Å². The number of carbonyl (C=O) groups excluding carboxylic acids is 3. The summed E-state index contributed by atoms with van der Waals surface area (Å²) >= 11 is 2.93. The van der Waals surface area contributed by atoms with E-state index in [2.05, 4.69) is 38.1 Å². The average Bonchev–Trinajstić information content (AvgIpc) is 3.47. The van der Waals surface area contributed by atoms with Gasteiger partial charge in [0, 0.05) is 28.2 Å². The Hall–Kier alpha value is -3.16. The van der Waals surface area contributed by atoms with Crippen LogP contribution >= 0.6 is 22.7 Å². The second-order valence-electron chi connectivity index (χ2n) is 10.7. The van der Waals surface area contributed by atoms with Crippen molar-refractivity contribution in [3.63, 3.8) is 0 Å². The number of ketones is 3. The molecule has 2 unspecified atom stereocenters. The Morgan fingerprint density at radius 1 is 0.718 bits per heavy atom. The zero-order valence-corrected chi connectivity index (χ0v) is 24.7. The third-order valence-electron chi connectivity index (χ3n) is 7.49. The first kappa shape index (κ1) is 28.8. The lowest BCUT2D eigenvalue weighted by molar-refractivity contribution is -0.141. The molecule has 0 aliphatic carbocycles. The van der Waals surface area contributed by atoms with Crippen LogP contribution in [0.3, 0.4) is 0 Å². The molecule has 0 radical (unpaired) electrons. The summed E-state index contributed by atoms with van der Waals surface area (Å²) in [5.41, 5.74) is 4.92. The highest BCUT2D eigenvalue weighted by Crippen LogP contribution is 2.32. The first-order chi connectivity index (χ1) is 18.4. The van der Waals surface area contributed by atoms with E-state index in [1.807, 2.05) is 12.1 Å². The highest BCUT2D eigenvalue weighted by atomic mass is 32.1. The van der Waals surface area contributed by atoms with E-state index in [0.717, 1.165) is 39.4 Å². The maximum absolute atomic E-state index is 12.7. The van der Waals surface area contributed by atoms with Gasteiger partial charge in [-0.3, -0.25) is 19.2 Å². The lowest BCUT2D eigenvalue weighted by atomic mass is 9.96. The monoisotopic (exact) mass is 562 g/mol. The molecule has 2 heterocycles. The minimum Gasteiger partial charge on any atom is -0.481 e. The summed E-state index contributed by atoms with van der Waals surface area (Å²) in [7, 11) is 0. The summed E-state index contributed by atoms with van der Waals surface area (Å²) in [5.74, 6) is -1.97. The molecule has 0 amide bonds. The molecule has 2 atom stereocenters. The third-order valence-corrected chi connectivity index (χ3v) is 9.77. The maximum Gasteiger partial charge on any atom is 0.306 e. The third kappa shape index (κ3) is 6.71. The van der Waals surface area contributed by atoms with Crippen LogP contribution in [-0.4, -0.2) is 28.4 Å². The van der Waals surface area contributed by atoms with Crippen molar-refractivity contribution in [1.29, 1.82) is 0 Å². The number of carboxylic acid groups (broad SMARTS) is 1. The second-order valence-corrected chi connectivity index (χ2v) is 12.9. The van der Waals surface area contributed by atoms with E-state index in [9.17, 15) is 19.2 Å². The highest BCUT2D eigenvalue weighted by Gasteiger charge is 2.20. The van der Waals surface area contributed by atoms with Crippen molar-refractivity contribution in [1.82, 2.24) is 0 Å². The van der Waals surface area contributed by atoms with Gasteiger partial charge in [-0.25, -0.2) is 0 Å². The van der Waals surface area contributed by atoms with Crippen molar-refractivity contribution < 1.29 is 24.3 Å². The van der Waals surface area contributed by atoms with Crippen LogP contribution in [0.5, 0.6) is 0 Å². The van der Waals surface area contributed by atoms with Crippen LogP contribution in [0.1, 0.15) is 81.6 Å². The zero-order valence-electron chi connectivity index (χ0n) is 23.1. The number of aryl methyl sites for hydroxylation is 4. The standard InChI is InChI=1S/C32H34O5S2/c1-17(21(5)33)9-26(34)30-15-24-13-22(18(2)11-28(24)38-30)7-6-8-23-14-25-16-31(39-29(25)12-19(23)3)27(35)10-20(4)32(36)37/h11-17,20H,6-10H2,1-5H3,(H,36,37). The van der Waals surface area contributed by atoms with Crippen molar-refractivity contribution in [3.8, 4) is 0 Å². The van der Waals surface area contributed by atoms with E-state index in [4.69, 9.17) is 5.11 Å². The molecular formula is C32H34O5S2. The largest absolute Gasteiger partial charge is 0.481 e.